The Balaban J connectivity index is 1.74. The van der Waals surface area contributed by atoms with Crippen molar-refractivity contribution in [1.29, 1.82) is 0 Å². The van der Waals surface area contributed by atoms with Crippen LogP contribution in [0.3, 0.4) is 0 Å². The van der Waals surface area contributed by atoms with Crippen LogP contribution in [0.15, 0.2) is 24.3 Å². The van der Waals surface area contributed by atoms with Gasteiger partial charge in [0.25, 0.3) is 0 Å². The molecule has 2 aliphatic heterocycles. The SMILES string of the molecule is CC(C)Oc1cccc(C(=O)C2CC3CCC(C2)N3C)c1. The lowest BCUT2D eigenvalue weighted by Crippen LogP contribution is -2.42. The second kappa shape index (κ2) is 5.80. The lowest BCUT2D eigenvalue weighted by molar-refractivity contribution is 0.0766. The van der Waals surface area contributed by atoms with Crippen molar-refractivity contribution in [1.82, 2.24) is 4.90 Å². The Labute approximate surface area is 127 Å². The Morgan fingerprint density at radius 3 is 2.52 bits per heavy atom. The first-order chi connectivity index (χ1) is 10.0. The molecule has 0 radical (unpaired) electrons. The molecule has 114 valence electrons. The van der Waals surface area contributed by atoms with E-state index in [1.54, 1.807) is 0 Å². The van der Waals surface area contributed by atoms with Crippen LogP contribution in [0, 0.1) is 5.92 Å². The van der Waals surface area contributed by atoms with E-state index in [0.717, 1.165) is 24.2 Å². The molecule has 3 heteroatoms. The van der Waals surface area contributed by atoms with Gasteiger partial charge in [0.2, 0.25) is 0 Å². The highest BCUT2D eigenvalue weighted by molar-refractivity contribution is 5.98. The van der Waals surface area contributed by atoms with Crippen LogP contribution in [0.2, 0.25) is 0 Å². The van der Waals surface area contributed by atoms with Crippen LogP contribution in [-0.4, -0.2) is 35.9 Å². The van der Waals surface area contributed by atoms with E-state index in [9.17, 15) is 4.79 Å². The van der Waals surface area contributed by atoms with Gasteiger partial charge in [0, 0.05) is 23.6 Å². The number of hydrogen-bond donors (Lipinski definition) is 0. The van der Waals surface area contributed by atoms with Gasteiger partial charge in [-0.2, -0.15) is 0 Å². The maximum atomic E-state index is 12.8. The van der Waals surface area contributed by atoms with Crippen LogP contribution in [0.1, 0.15) is 49.9 Å². The first-order valence-corrected chi connectivity index (χ1v) is 8.07. The van der Waals surface area contributed by atoms with Gasteiger partial charge >= 0.3 is 0 Å². The van der Waals surface area contributed by atoms with Crippen LogP contribution in [0.4, 0.5) is 0 Å². The molecule has 0 aliphatic carbocycles. The normalized spacial score (nSPS) is 28.9. The fourth-order valence-electron chi connectivity index (χ4n) is 3.86. The molecule has 2 unspecified atom stereocenters. The summed E-state index contributed by atoms with van der Waals surface area (Å²) in [5.41, 5.74) is 0.808. The number of ether oxygens (including phenoxy) is 1. The van der Waals surface area contributed by atoms with Crippen LogP contribution in [-0.2, 0) is 0 Å². The van der Waals surface area contributed by atoms with E-state index >= 15 is 0 Å². The Morgan fingerprint density at radius 1 is 1.24 bits per heavy atom. The van der Waals surface area contributed by atoms with Crippen LogP contribution in [0.5, 0.6) is 5.75 Å². The average Bonchev–Trinajstić information content (AvgIpc) is 2.67. The van der Waals surface area contributed by atoms with Gasteiger partial charge in [0.15, 0.2) is 5.78 Å². The molecule has 0 spiro atoms. The minimum Gasteiger partial charge on any atom is -0.491 e. The van der Waals surface area contributed by atoms with Crippen LogP contribution in [0.25, 0.3) is 0 Å². The Bertz CT molecular complexity index is 512. The first-order valence-electron chi connectivity index (χ1n) is 8.07. The summed E-state index contributed by atoms with van der Waals surface area (Å²) in [5, 5.41) is 0. The molecule has 0 N–H and O–H groups in total. The monoisotopic (exact) mass is 287 g/mol. The molecule has 3 nitrogen and oxygen atoms in total. The van der Waals surface area contributed by atoms with Gasteiger partial charge in [-0.05, 0) is 58.7 Å². The van der Waals surface area contributed by atoms with Gasteiger partial charge in [-0.3, -0.25) is 4.79 Å². The summed E-state index contributed by atoms with van der Waals surface area (Å²) in [5.74, 6) is 1.29. The van der Waals surface area contributed by atoms with Crippen LogP contribution >= 0.6 is 0 Å². The summed E-state index contributed by atoms with van der Waals surface area (Å²) in [6.07, 6.45) is 4.67. The van der Waals surface area contributed by atoms with Gasteiger partial charge < -0.3 is 9.64 Å². The highest BCUT2D eigenvalue weighted by atomic mass is 16.5. The lowest BCUT2D eigenvalue weighted by Gasteiger charge is -2.35. The molecule has 21 heavy (non-hydrogen) atoms. The van der Waals surface area contributed by atoms with Crippen molar-refractivity contribution in [3.63, 3.8) is 0 Å². The predicted octanol–water partition coefficient (Wildman–Crippen LogP) is 3.53. The average molecular weight is 287 g/mol. The van der Waals surface area contributed by atoms with Crippen molar-refractivity contribution in [2.75, 3.05) is 7.05 Å². The quantitative estimate of drug-likeness (QED) is 0.793. The van der Waals surface area contributed by atoms with Gasteiger partial charge in [0.1, 0.15) is 5.75 Å². The highest BCUT2D eigenvalue weighted by Crippen LogP contribution is 2.38. The third-order valence-electron chi connectivity index (χ3n) is 4.96. The largest absolute Gasteiger partial charge is 0.491 e. The number of carbonyl (C=O) groups excluding carboxylic acids is 1. The summed E-state index contributed by atoms with van der Waals surface area (Å²) in [7, 11) is 2.21. The molecular weight excluding hydrogens is 262 g/mol. The minimum absolute atomic E-state index is 0.134. The topological polar surface area (TPSA) is 29.5 Å². The van der Waals surface area contributed by atoms with Gasteiger partial charge in [-0.25, -0.2) is 0 Å². The van der Waals surface area contributed by atoms with Gasteiger partial charge in [0.05, 0.1) is 6.10 Å². The number of piperidine rings is 1. The van der Waals surface area contributed by atoms with E-state index in [1.807, 2.05) is 38.1 Å². The predicted molar refractivity (Wildman–Crippen MR) is 83.8 cm³/mol. The summed E-state index contributed by atoms with van der Waals surface area (Å²) in [6.45, 7) is 4.01. The van der Waals surface area contributed by atoms with Gasteiger partial charge in [-0.1, -0.05) is 12.1 Å². The number of nitrogens with zero attached hydrogens (tertiary/aromatic N) is 1. The molecule has 0 aromatic heterocycles. The lowest BCUT2D eigenvalue weighted by atomic mass is 9.85. The van der Waals surface area contributed by atoms with E-state index in [-0.39, 0.29) is 12.0 Å². The van der Waals surface area contributed by atoms with Crippen molar-refractivity contribution in [3.8, 4) is 5.75 Å². The van der Waals surface area contributed by atoms with Crippen molar-refractivity contribution < 1.29 is 9.53 Å². The summed E-state index contributed by atoms with van der Waals surface area (Å²) >= 11 is 0. The molecule has 2 bridgehead atoms. The Morgan fingerprint density at radius 2 is 1.90 bits per heavy atom. The number of ketones is 1. The number of hydrogen-bond acceptors (Lipinski definition) is 3. The maximum Gasteiger partial charge on any atom is 0.166 e. The Kier molecular flexibility index (Phi) is 4.03. The molecule has 2 aliphatic rings. The number of benzene rings is 1. The second-order valence-electron chi connectivity index (χ2n) is 6.78. The van der Waals surface area contributed by atoms with Crippen molar-refractivity contribution in [2.24, 2.45) is 5.92 Å². The number of carbonyl (C=O) groups is 1. The maximum absolute atomic E-state index is 12.8. The summed E-state index contributed by atoms with van der Waals surface area (Å²) in [6, 6.07) is 8.89. The molecule has 1 aromatic carbocycles. The molecule has 3 rings (SSSR count). The standard InChI is InChI=1S/C18H25NO2/c1-12(2)21-17-6-4-5-13(11-17)18(20)14-9-15-7-8-16(10-14)19(15)3/h4-6,11-12,14-16H,7-10H2,1-3H3. The fraction of sp³-hybridized carbons (Fsp3) is 0.611. The number of fused-ring (bicyclic) bond motifs is 2. The molecule has 2 fully saturated rings. The molecule has 0 saturated carbocycles. The van der Waals surface area contributed by atoms with E-state index < -0.39 is 0 Å². The van der Waals surface area contributed by atoms with E-state index in [0.29, 0.717) is 17.9 Å². The third-order valence-corrected chi connectivity index (χ3v) is 4.96. The fourth-order valence-corrected chi connectivity index (χ4v) is 3.86. The number of Topliss-reactive ketones (excluding diaryl/α,β-unsaturated/α-hetero) is 1. The second-order valence-corrected chi connectivity index (χ2v) is 6.78. The zero-order valence-corrected chi connectivity index (χ0v) is 13.2. The van der Waals surface area contributed by atoms with Crippen molar-refractivity contribution in [3.05, 3.63) is 29.8 Å². The molecular formula is C18H25NO2. The van der Waals surface area contributed by atoms with E-state index in [1.165, 1.54) is 12.8 Å². The first kappa shape index (κ1) is 14.6. The smallest absolute Gasteiger partial charge is 0.166 e. The zero-order valence-electron chi connectivity index (χ0n) is 13.2. The molecule has 1 aromatic rings. The summed E-state index contributed by atoms with van der Waals surface area (Å²) < 4.78 is 5.70. The van der Waals surface area contributed by atoms with Gasteiger partial charge in [-0.15, -0.1) is 0 Å². The van der Waals surface area contributed by atoms with E-state index in [2.05, 4.69) is 11.9 Å². The Hall–Kier alpha value is -1.35. The highest BCUT2D eigenvalue weighted by Gasteiger charge is 2.40. The molecule has 2 heterocycles. The summed E-state index contributed by atoms with van der Waals surface area (Å²) in [4.78, 5) is 15.3. The van der Waals surface area contributed by atoms with Crippen molar-refractivity contribution in [2.45, 2.75) is 57.7 Å². The molecule has 0 amide bonds. The number of rotatable bonds is 4. The molecule has 2 atom stereocenters. The third kappa shape index (κ3) is 2.98. The van der Waals surface area contributed by atoms with Crippen molar-refractivity contribution >= 4 is 5.78 Å². The minimum atomic E-state index is 0.134. The molecule has 2 saturated heterocycles. The zero-order chi connectivity index (χ0) is 15.0. The van der Waals surface area contributed by atoms with Crippen LogP contribution < -0.4 is 4.74 Å². The van der Waals surface area contributed by atoms with E-state index in [4.69, 9.17) is 4.74 Å².